The molecule has 0 radical (unpaired) electrons. The van der Waals surface area contributed by atoms with Gasteiger partial charge in [-0.25, -0.2) is 0 Å². The van der Waals surface area contributed by atoms with Crippen molar-refractivity contribution in [2.45, 2.75) is 32.6 Å². The minimum absolute atomic E-state index is 0.0544. The summed E-state index contributed by atoms with van der Waals surface area (Å²) < 4.78 is 0. The van der Waals surface area contributed by atoms with E-state index < -0.39 is 5.97 Å². The van der Waals surface area contributed by atoms with E-state index in [9.17, 15) is 9.90 Å². The molecule has 15 heavy (non-hydrogen) atoms. The number of carbonyl (C=O) groups is 1. The molecule has 0 saturated heterocycles. The zero-order valence-corrected chi connectivity index (χ0v) is 9.62. The number of aliphatic carboxylic acids is 1. The van der Waals surface area contributed by atoms with Crippen LogP contribution in [0.5, 0.6) is 0 Å². The zero-order chi connectivity index (χ0) is 11.1. The van der Waals surface area contributed by atoms with Crippen molar-refractivity contribution in [3.05, 3.63) is 0 Å². The predicted molar refractivity (Wildman–Crippen MR) is 58.6 cm³/mol. The summed E-state index contributed by atoms with van der Waals surface area (Å²) >= 11 is 0. The van der Waals surface area contributed by atoms with E-state index in [1.165, 1.54) is 25.7 Å². The predicted octanol–water partition coefficient (Wildman–Crippen LogP) is 1.73. The van der Waals surface area contributed by atoms with Crippen molar-refractivity contribution in [2.24, 2.45) is 23.2 Å². The fourth-order valence-corrected chi connectivity index (χ4v) is 4.02. The summed E-state index contributed by atoms with van der Waals surface area (Å²) in [4.78, 5) is 11.2. The Morgan fingerprint density at radius 1 is 1.53 bits per heavy atom. The normalized spacial score (nSPS) is 40.7. The molecule has 0 aromatic heterocycles. The molecule has 2 bridgehead atoms. The van der Waals surface area contributed by atoms with Crippen molar-refractivity contribution < 1.29 is 9.90 Å². The molecule has 3 unspecified atom stereocenters. The van der Waals surface area contributed by atoms with Gasteiger partial charge in [-0.2, -0.15) is 0 Å². The second-order valence-electron chi connectivity index (χ2n) is 5.26. The molecule has 0 aromatic rings. The molecule has 3 atom stereocenters. The van der Waals surface area contributed by atoms with Crippen molar-refractivity contribution in [2.75, 3.05) is 13.6 Å². The van der Waals surface area contributed by atoms with Crippen molar-refractivity contribution in [3.63, 3.8) is 0 Å². The van der Waals surface area contributed by atoms with Gasteiger partial charge < -0.3 is 10.4 Å². The Balaban J connectivity index is 2.21. The number of carboxylic acids is 1. The molecule has 0 aliphatic heterocycles. The molecule has 0 spiro atoms. The molecule has 2 N–H and O–H groups in total. The van der Waals surface area contributed by atoms with E-state index in [4.69, 9.17) is 0 Å². The van der Waals surface area contributed by atoms with Gasteiger partial charge in [-0.05, 0) is 38.1 Å². The average Bonchev–Trinajstić information content (AvgIpc) is 2.25. The van der Waals surface area contributed by atoms with Crippen molar-refractivity contribution in [3.8, 4) is 0 Å². The lowest BCUT2D eigenvalue weighted by Crippen LogP contribution is -2.61. The highest BCUT2D eigenvalue weighted by Gasteiger charge is 2.60. The maximum Gasteiger partial charge on any atom is 0.306 e. The first kappa shape index (κ1) is 10.9. The van der Waals surface area contributed by atoms with Gasteiger partial charge in [-0.15, -0.1) is 0 Å². The summed E-state index contributed by atoms with van der Waals surface area (Å²) in [6.45, 7) is 2.76. The van der Waals surface area contributed by atoms with Crippen LogP contribution in [0.2, 0.25) is 0 Å². The highest BCUT2D eigenvalue weighted by Crippen LogP contribution is 2.62. The van der Waals surface area contributed by atoms with E-state index in [1.54, 1.807) is 0 Å². The summed E-state index contributed by atoms with van der Waals surface area (Å²) in [5.74, 6) is 0.473. The van der Waals surface area contributed by atoms with E-state index in [2.05, 4.69) is 5.32 Å². The number of rotatable bonds is 4. The quantitative estimate of drug-likeness (QED) is 0.744. The van der Waals surface area contributed by atoms with Gasteiger partial charge in [0.25, 0.3) is 0 Å². The SMILES string of the molecule is CNCC1(C(C)C(=O)O)C2CCCC1C2. The summed E-state index contributed by atoms with van der Waals surface area (Å²) in [5.41, 5.74) is 0.0544. The van der Waals surface area contributed by atoms with E-state index >= 15 is 0 Å². The second kappa shape index (κ2) is 3.78. The Morgan fingerprint density at radius 3 is 2.53 bits per heavy atom. The van der Waals surface area contributed by atoms with Gasteiger partial charge in [0, 0.05) is 12.0 Å². The van der Waals surface area contributed by atoms with E-state index in [-0.39, 0.29) is 11.3 Å². The summed E-state index contributed by atoms with van der Waals surface area (Å²) in [6.07, 6.45) is 5.03. The van der Waals surface area contributed by atoms with Crippen molar-refractivity contribution in [1.29, 1.82) is 0 Å². The lowest BCUT2D eigenvalue weighted by Gasteiger charge is -2.62. The second-order valence-corrected chi connectivity index (χ2v) is 5.26. The summed E-state index contributed by atoms with van der Waals surface area (Å²) in [5, 5.41) is 12.4. The first-order chi connectivity index (χ1) is 7.13. The number of carboxylic acid groups (broad SMARTS) is 1. The minimum Gasteiger partial charge on any atom is -0.481 e. The van der Waals surface area contributed by atoms with Crippen molar-refractivity contribution in [1.82, 2.24) is 5.32 Å². The Morgan fingerprint density at radius 2 is 2.13 bits per heavy atom. The van der Waals surface area contributed by atoms with Gasteiger partial charge >= 0.3 is 5.97 Å². The average molecular weight is 211 g/mol. The van der Waals surface area contributed by atoms with Gasteiger partial charge in [-0.3, -0.25) is 4.79 Å². The highest BCUT2D eigenvalue weighted by atomic mass is 16.4. The van der Waals surface area contributed by atoms with E-state index in [1.807, 2.05) is 14.0 Å². The van der Waals surface area contributed by atoms with Gasteiger partial charge in [-0.1, -0.05) is 13.3 Å². The van der Waals surface area contributed by atoms with E-state index in [0.717, 1.165) is 6.54 Å². The van der Waals surface area contributed by atoms with Crippen LogP contribution < -0.4 is 5.32 Å². The molecule has 3 rings (SSSR count). The molecular formula is C12H21NO2. The van der Waals surface area contributed by atoms with Gasteiger partial charge in [0.05, 0.1) is 5.92 Å². The first-order valence-corrected chi connectivity index (χ1v) is 6.00. The maximum atomic E-state index is 11.2. The van der Waals surface area contributed by atoms with Gasteiger partial charge in [0.15, 0.2) is 0 Å². The first-order valence-electron chi connectivity index (χ1n) is 6.00. The monoisotopic (exact) mass is 211 g/mol. The molecule has 3 saturated carbocycles. The summed E-state index contributed by atoms with van der Waals surface area (Å²) in [6, 6.07) is 0. The van der Waals surface area contributed by atoms with Crippen LogP contribution in [-0.4, -0.2) is 24.7 Å². The van der Waals surface area contributed by atoms with Crippen LogP contribution in [-0.2, 0) is 4.79 Å². The molecule has 86 valence electrons. The van der Waals surface area contributed by atoms with Crippen LogP contribution in [0.15, 0.2) is 0 Å². The van der Waals surface area contributed by atoms with Crippen LogP contribution in [0.4, 0.5) is 0 Å². The number of nitrogens with one attached hydrogen (secondary N) is 1. The van der Waals surface area contributed by atoms with Crippen molar-refractivity contribution >= 4 is 5.97 Å². The topological polar surface area (TPSA) is 49.3 Å². The lowest BCUT2D eigenvalue weighted by atomic mass is 9.43. The third kappa shape index (κ3) is 1.40. The number of hydrogen-bond acceptors (Lipinski definition) is 2. The molecule has 3 aliphatic rings. The molecule has 0 heterocycles. The Kier molecular flexibility index (Phi) is 2.75. The smallest absolute Gasteiger partial charge is 0.306 e. The zero-order valence-electron chi connectivity index (χ0n) is 9.62. The van der Waals surface area contributed by atoms with Gasteiger partial charge in [0.1, 0.15) is 0 Å². The fraction of sp³-hybridized carbons (Fsp3) is 0.917. The lowest BCUT2D eigenvalue weighted by molar-refractivity contribution is -0.170. The fourth-order valence-electron chi connectivity index (χ4n) is 4.02. The van der Waals surface area contributed by atoms with Crippen LogP contribution in [0.25, 0.3) is 0 Å². The maximum absolute atomic E-state index is 11.2. The number of fused-ring (bicyclic) bond motifs is 2. The van der Waals surface area contributed by atoms with Crippen LogP contribution in [0.1, 0.15) is 32.6 Å². The van der Waals surface area contributed by atoms with Gasteiger partial charge in [0.2, 0.25) is 0 Å². The Hall–Kier alpha value is -0.570. The van der Waals surface area contributed by atoms with Crippen LogP contribution in [0.3, 0.4) is 0 Å². The molecule has 0 amide bonds. The largest absolute Gasteiger partial charge is 0.481 e. The molecule has 3 nitrogen and oxygen atoms in total. The minimum atomic E-state index is -0.623. The standard InChI is InChI=1S/C12H21NO2/c1-8(11(14)15)12(7-13-2)9-4-3-5-10(12)6-9/h8-10,13H,3-7H2,1-2H3,(H,14,15). The van der Waals surface area contributed by atoms with Crippen LogP contribution in [0, 0.1) is 23.2 Å². The highest BCUT2D eigenvalue weighted by molar-refractivity contribution is 5.71. The molecule has 3 aliphatic carbocycles. The Bertz CT molecular complexity index is 250. The molecule has 3 fully saturated rings. The molecule has 3 heteroatoms. The molecule has 0 aromatic carbocycles. The third-order valence-electron chi connectivity index (χ3n) is 4.85. The summed E-state index contributed by atoms with van der Waals surface area (Å²) in [7, 11) is 1.93. The number of hydrogen-bond donors (Lipinski definition) is 2. The third-order valence-corrected chi connectivity index (χ3v) is 4.85. The van der Waals surface area contributed by atoms with E-state index in [0.29, 0.717) is 11.8 Å². The Labute approximate surface area is 91.2 Å². The van der Waals surface area contributed by atoms with Crippen LogP contribution >= 0.6 is 0 Å². The molecular weight excluding hydrogens is 190 g/mol.